The Hall–Kier alpha value is -9.06. The number of anilines is 8. The van der Waals surface area contributed by atoms with E-state index in [-0.39, 0.29) is 12.3 Å². The summed E-state index contributed by atoms with van der Waals surface area (Å²) in [6.45, 7) is 11.4. The van der Waals surface area contributed by atoms with E-state index in [9.17, 15) is 0 Å². The minimum absolute atomic E-state index is 0.196. The van der Waals surface area contributed by atoms with Crippen LogP contribution >= 0.6 is 0 Å². The van der Waals surface area contributed by atoms with E-state index in [2.05, 4.69) is 274 Å². The molecule has 4 nitrogen and oxygen atoms in total. The first-order valence-electron chi connectivity index (χ1n) is 29.4. The third-order valence-electron chi connectivity index (χ3n) is 18.1. The molecule has 0 saturated carbocycles. The Labute approximate surface area is 476 Å². The molecule has 3 aliphatic rings. The van der Waals surface area contributed by atoms with Crippen molar-refractivity contribution in [1.82, 2.24) is 0 Å². The van der Waals surface area contributed by atoms with Crippen molar-refractivity contribution in [3.63, 3.8) is 0 Å². The number of furan rings is 1. The predicted octanol–water partition coefficient (Wildman–Crippen LogP) is 19.9. The van der Waals surface area contributed by atoms with E-state index in [1.165, 1.54) is 103 Å². The van der Waals surface area contributed by atoms with Gasteiger partial charge in [0, 0.05) is 72.8 Å². The Morgan fingerprint density at radius 3 is 1.86 bits per heavy atom. The number of para-hydroxylation sites is 1. The third-order valence-corrected chi connectivity index (χ3v) is 18.1. The van der Waals surface area contributed by atoms with Crippen molar-refractivity contribution in [3.8, 4) is 33.4 Å². The second kappa shape index (κ2) is 19.3. The normalized spacial score (nSPS) is 13.6. The summed E-state index contributed by atoms with van der Waals surface area (Å²) in [7, 11) is 0. The van der Waals surface area contributed by atoms with Gasteiger partial charge in [0.1, 0.15) is 11.2 Å². The van der Waals surface area contributed by atoms with Gasteiger partial charge in [-0.05, 0) is 189 Å². The van der Waals surface area contributed by atoms with Crippen molar-refractivity contribution >= 4 is 96.0 Å². The van der Waals surface area contributed by atoms with Crippen LogP contribution in [0.2, 0.25) is 0 Å². The number of fused-ring (bicyclic) bond motifs is 12. The molecule has 0 saturated heterocycles. The topological polar surface area (TPSA) is 22.9 Å². The fourth-order valence-electron chi connectivity index (χ4n) is 13.9. The summed E-state index contributed by atoms with van der Waals surface area (Å²) in [5.41, 5.74) is 27.2. The summed E-state index contributed by atoms with van der Waals surface area (Å²) < 4.78 is 7.24. The molecule has 0 atom stereocenters. The van der Waals surface area contributed by atoms with Crippen molar-refractivity contribution in [2.75, 3.05) is 14.6 Å². The highest BCUT2D eigenvalue weighted by Crippen LogP contribution is 2.55. The molecule has 392 valence electrons. The Morgan fingerprint density at radius 1 is 0.481 bits per heavy atom. The second-order valence-corrected chi connectivity index (χ2v) is 23.4. The lowest BCUT2D eigenvalue weighted by atomic mass is 9.43. The number of nitrogens with zero attached hydrogens (tertiary/aromatic N) is 3. The number of aryl methyl sites for hydroxylation is 3. The zero-order chi connectivity index (χ0) is 54.5. The van der Waals surface area contributed by atoms with Gasteiger partial charge >= 0.3 is 6.85 Å². The summed E-state index contributed by atoms with van der Waals surface area (Å²) in [4.78, 5) is 7.77. The maximum Gasteiger partial charge on any atom is 0.333 e. The van der Waals surface area contributed by atoms with Crippen LogP contribution in [-0.4, -0.2) is 6.85 Å². The van der Waals surface area contributed by atoms with Crippen molar-refractivity contribution in [2.24, 2.45) is 0 Å². The summed E-state index contributed by atoms with van der Waals surface area (Å²) in [5, 5.41) is 4.62. The van der Waals surface area contributed by atoms with Gasteiger partial charge < -0.3 is 19.0 Å². The van der Waals surface area contributed by atoms with E-state index >= 15 is 0 Å². The molecule has 0 radical (unpaired) electrons. The molecule has 15 rings (SSSR count). The number of benzene rings is 11. The maximum absolute atomic E-state index is 7.24. The summed E-state index contributed by atoms with van der Waals surface area (Å²) in [5.74, 6) is 0. The van der Waals surface area contributed by atoms with Crippen LogP contribution in [0, 0.1) is 6.92 Å². The zero-order valence-electron chi connectivity index (χ0n) is 46.9. The van der Waals surface area contributed by atoms with Gasteiger partial charge in [0.2, 0.25) is 0 Å². The molecule has 0 N–H and O–H groups in total. The van der Waals surface area contributed by atoms with Gasteiger partial charge in [-0.1, -0.05) is 180 Å². The van der Waals surface area contributed by atoms with E-state index in [1.807, 2.05) is 0 Å². The smallest absolute Gasteiger partial charge is 0.333 e. The Bertz CT molecular complexity index is 4390. The summed E-state index contributed by atoms with van der Waals surface area (Å²) in [6.07, 6.45) is 6.84. The highest BCUT2D eigenvalue weighted by Gasteiger charge is 2.48. The predicted molar refractivity (Wildman–Crippen MR) is 345 cm³/mol. The molecule has 0 unspecified atom stereocenters. The number of unbranched alkanes of at least 4 members (excludes halogenated alkanes) is 2. The van der Waals surface area contributed by atoms with Crippen LogP contribution in [0.15, 0.2) is 229 Å². The molecule has 2 aliphatic heterocycles. The van der Waals surface area contributed by atoms with E-state index in [0.29, 0.717) is 0 Å². The first kappa shape index (κ1) is 49.0. The van der Waals surface area contributed by atoms with E-state index in [1.54, 1.807) is 0 Å². The van der Waals surface area contributed by atoms with Crippen LogP contribution in [0.25, 0.3) is 66.1 Å². The average molecular weight is 1050 g/mol. The molecule has 1 aromatic heterocycles. The first-order valence-corrected chi connectivity index (χ1v) is 29.4. The van der Waals surface area contributed by atoms with Crippen LogP contribution in [0.4, 0.5) is 45.5 Å². The number of hydrogen-bond donors (Lipinski definition) is 0. The van der Waals surface area contributed by atoms with Gasteiger partial charge in [-0.25, -0.2) is 0 Å². The van der Waals surface area contributed by atoms with Gasteiger partial charge in [0.15, 0.2) is 0 Å². The largest absolute Gasteiger partial charge is 0.455 e. The SMILES string of the molecule is CCCCc1ccc(N(c2ccc(CCCC)cc2)c2ccc3c(c2)N(c2ccc(-c4ccccc4)cc2C)c2cc4c(oc5ccccc54)c4c2B3N(c2ccc3c(c2)C(C)(C)c2ccccc2-3)c2cc3ccccc3cc2-4)cc1. The van der Waals surface area contributed by atoms with Crippen molar-refractivity contribution in [2.45, 2.75) is 78.6 Å². The minimum Gasteiger partial charge on any atom is -0.455 e. The molecule has 11 aromatic carbocycles. The summed E-state index contributed by atoms with van der Waals surface area (Å²) >= 11 is 0. The van der Waals surface area contributed by atoms with Crippen molar-refractivity contribution < 1.29 is 4.42 Å². The summed E-state index contributed by atoms with van der Waals surface area (Å²) in [6, 6.07) is 85.0. The molecular weight excluding hydrogens is 982 g/mol. The average Bonchev–Trinajstić information content (AvgIpc) is 2.20. The minimum atomic E-state index is -0.250. The molecule has 0 spiro atoms. The quantitative estimate of drug-likeness (QED) is 0.114. The van der Waals surface area contributed by atoms with Crippen LogP contribution in [-0.2, 0) is 18.3 Å². The fraction of sp³-hybridized carbons (Fsp3) is 0.158. The molecule has 0 fully saturated rings. The second-order valence-electron chi connectivity index (χ2n) is 23.4. The molecule has 0 amide bonds. The molecular formula is C76H64BN3O. The first-order chi connectivity index (χ1) is 39.7. The van der Waals surface area contributed by atoms with Gasteiger partial charge in [-0.3, -0.25) is 0 Å². The molecule has 3 heterocycles. The van der Waals surface area contributed by atoms with Crippen LogP contribution in [0.5, 0.6) is 0 Å². The zero-order valence-corrected chi connectivity index (χ0v) is 46.9. The lowest BCUT2D eigenvalue weighted by molar-refractivity contribution is 0.660. The van der Waals surface area contributed by atoms with E-state index in [4.69, 9.17) is 4.42 Å². The number of hydrogen-bond acceptors (Lipinski definition) is 4. The molecule has 5 heteroatoms. The lowest BCUT2D eigenvalue weighted by Crippen LogP contribution is -2.61. The highest BCUT2D eigenvalue weighted by molar-refractivity contribution is 6.94. The number of rotatable bonds is 12. The van der Waals surface area contributed by atoms with Gasteiger partial charge in [0.25, 0.3) is 0 Å². The van der Waals surface area contributed by atoms with Crippen LogP contribution < -0.4 is 25.5 Å². The fourth-order valence-corrected chi connectivity index (χ4v) is 13.9. The Kier molecular flexibility index (Phi) is 11.7. The van der Waals surface area contributed by atoms with E-state index < -0.39 is 0 Å². The van der Waals surface area contributed by atoms with Crippen molar-refractivity contribution in [1.29, 1.82) is 0 Å². The van der Waals surface area contributed by atoms with Crippen LogP contribution in [0.1, 0.15) is 81.2 Å². The van der Waals surface area contributed by atoms with Crippen molar-refractivity contribution in [3.05, 3.63) is 252 Å². The maximum atomic E-state index is 7.24. The molecule has 0 bridgehead atoms. The lowest BCUT2D eigenvalue weighted by Gasteiger charge is -2.46. The Balaban J connectivity index is 1.04. The highest BCUT2D eigenvalue weighted by atomic mass is 16.3. The molecule has 81 heavy (non-hydrogen) atoms. The van der Waals surface area contributed by atoms with Gasteiger partial charge in [-0.2, -0.15) is 0 Å². The van der Waals surface area contributed by atoms with Crippen LogP contribution in [0.3, 0.4) is 0 Å². The van der Waals surface area contributed by atoms with E-state index in [0.717, 1.165) is 85.8 Å². The third kappa shape index (κ3) is 7.87. The standard InChI is InChI=1S/C76H64BN3O/c1-6-8-19-50-29-34-56(35-30-50)78(57-36-31-51(32-37-57)20-9-7-2)58-39-41-67-70(47-58)79(68-42-33-55(43-49(68)3)52-21-11-10-12-22-52)71-48-63-62-26-16-18-28-72(62)81-75(63)73-64-44-53-23-13-14-24-54(53)45-69(64)80(77(67)74(71)73)59-38-40-61-60-25-15-17-27-65(60)76(4,5)66(61)46-59/h10-18,21-48H,6-9,19-20H2,1-5H3. The molecule has 12 aromatic rings. The van der Waals surface area contributed by atoms with Gasteiger partial charge in [0.05, 0.1) is 0 Å². The van der Waals surface area contributed by atoms with Gasteiger partial charge in [-0.15, -0.1) is 0 Å². The Morgan fingerprint density at radius 2 is 1.14 bits per heavy atom. The molecule has 1 aliphatic carbocycles. The monoisotopic (exact) mass is 1050 g/mol.